The zero-order valence-electron chi connectivity index (χ0n) is 9.41. The molecule has 1 rings (SSSR count). The molecule has 0 amide bonds. The molecule has 15 heavy (non-hydrogen) atoms. The number of hydrogen-bond donors (Lipinski definition) is 1. The number of nitrogens with one attached hydrogen (secondary N) is 1. The maximum Gasteiger partial charge on any atom is 0.339 e. The molecule has 0 spiro atoms. The summed E-state index contributed by atoms with van der Waals surface area (Å²) in [5.41, 5.74) is 1.57. The molecule has 0 saturated heterocycles. The quantitative estimate of drug-likeness (QED) is 0.720. The van der Waals surface area contributed by atoms with E-state index in [0.717, 1.165) is 12.1 Å². The summed E-state index contributed by atoms with van der Waals surface area (Å²) in [7, 11) is 1.38. The van der Waals surface area contributed by atoms with Gasteiger partial charge in [0.05, 0.1) is 12.7 Å². The van der Waals surface area contributed by atoms with E-state index >= 15 is 0 Å². The van der Waals surface area contributed by atoms with Gasteiger partial charge in [0.15, 0.2) is 0 Å². The molecule has 1 aliphatic rings. The van der Waals surface area contributed by atoms with Crippen LogP contribution in [0, 0.1) is 5.92 Å². The number of rotatable bonds is 3. The Morgan fingerprint density at radius 3 is 2.73 bits per heavy atom. The van der Waals surface area contributed by atoms with E-state index in [1.54, 1.807) is 12.3 Å². The molecule has 0 unspecified atom stereocenters. The number of esters is 1. The molecule has 0 aromatic heterocycles. The minimum atomic E-state index is -0.318. The highest BCUT2D eigenvalue weighted by atomic mass is 16.5. The highest BCUT2D eigenvalue weighted by molar-refractivity contribution is 5.91. The maximum absolute atomic E-state index is 11.1. The van der Waals surface area contributed by atoms with Gasteiger partial charge in [-0.3, -0.25) is 0 Å². The van der Waals surface area contributed by atoms with E-state index in [1.807, 2.05) is 6.08 Å². The normalized spacial score (nSPS) is 17.6. The lowest BCUT2D eigenvalue weighted by Gasteiger charge is -2.10. The SMILES string of the molecule is COC(=O)C1=CNC(=CCC(C)C)C=C1. The molecule has 0 radical (unpaired) electrons. The van der Waals surface area contributed by atoms with Crippen molar-refractivity contribution in [1.82, 2.24) is 5.32 Å². The molecule has 0 fully saturated rings. The second-order valence-corrected chi connectivity index (χ2v) is 3.86. The van der Waals surface area contributed by atoms with Crippen LogP contribution in [-0.4, -0.2) is 13.1 Å². The van der Waals surface area contributed by atoms with Crippen molar-refractivity contribution in [3.05, 3.63) is 35.7 Å². The van der Waals surface area contributed by atoms with Crippen molar-refractivity contribution in [2.45, 2.75) is 20.3 Å². The molecule has 0 aromatic rings. The van der Waals surface area contributed by atoms with Crippen LogP contribution in [0.4, 0.5) is 0 Å². The predicted octanol–water partition coefficient (Wildman–Crippen LogP) is 2.13. The Morgan fingerprint density at radius 2 is 2.27 bits per heavy atom. The molecule has 0 bridgehead atoms. The molecule has 1 heterocycles. The molecule has 0 aromatic carbocycles. The third-order valence-corrected chi connectivity index (χ3v) is 2.07. The second-order valence-electron chi connectivity index (χ2n) is 3.86. The molecule has 1 N–H and O–H groups in total. The summed E-state index contributed by atoms with van der Waals surface area (Å²) in [5, 5.41) is 3.05. The monoisotopic (exact) mass is 207 g/mol. The van der Waals surface area contributed by atoms with Gasteiger partial charge in [0.25, 0.3) is 0 Å². The van der Waals surface area contributed by atoms with Gasteiger partial charge in [-0.15, -0.1) is 0 Å². The van der Waals surface area contributed by atoms with Crippen molar-refractivity contribution in [3.8, 4) is 0 Å². The van der Waals surface area contributed by atoms with E-state index in [0.29, 0.717) is 11.5 Å². The lowest BCUT2D eigenvalue weighted by atomic mass is 10.1. The lowest BCUT2D eigenvalue weighted by molar-refractivity contribution is -0.135. The molecule has 0 saturated carbocycles. The number of carbonyl (C=O) groups excluding carboxylic acids is 1. The van der Waals surface area contributed by atoms with E-state index in [9.17, 15) is 4.79 Å². The van der Waals surface area contributed by atoms with Crippen LogP contribution in [0.2, 0.25) is 0 Å². The van der Waals surface area contributed by atoms with Crippen LogP contribution >= 0.6 is 0 Å². The van der Waals surface area contributed by atoms with Crippen LogP contribution in [-0.2, 0) is 9.53 Å². The first-order valence-corrected chi connectivity index (χ1v) is 5.06. The number of ether oxygens (including phenoxy) is 1. The summed E-state index contributed by atoms with van der Waals surface area (Å²) in [6, 6.07) is 0. The van der Waals surface area contributed by atoms with Gasteiger partial charge in [-0.2, -0.15) is 0 Å². The Balaban J connectivity index is 2.56. The number of carbonyl (C=O) groups is 1. The molecule has 3 heteroatoms. The number of dihydropyridines is 1. The molecular weight excluding hydrogens is 190 g/mol. The van der Waals surface area contributed by atoms with Crippen molar-refractivity contribution in [1.29, 1.82) is 0 Å². The van der Waals surface area contributed by atoms with Crippen LogP contribution in [0.1, 0.15) is 20.3 Å². The fraction of sp³-hybridized carbons (Fsp3) is 0.417. The van der Waals surface area contributed by atoms with Crippen molar-refractivity contribution in [2.24, 2.45) is 5.92 Å². The second kappa shape index (κ2) is 5.39. The van der Waals surface area contributed by atoms with E-state index < -0.39 is 0 Å². The average molecular weight is 207 g/mol. The number of methoxy groups -OCH3 is 1. The maximum atomic E-state index is 11.1. The standard InChI is InChI=1S/C12H17NO2/c1-9(2)4-6-11-7-5-10(8-13-11)12(14)15-3/h5-9,13H,4H2,1-3H3. The minimum absolute atomic E-state index is 0.318. The average Bonchev–Trinajstić information content (AvgIpc) is 2.26. The van der Waals surface area contributed by atoms with Crippen LogP contribution in [0.5, 0.6) is 0 Å². The Morgan fingerprint density at radius 1 is 1.53 bits per heavy atom. The fourth-order valence-electron chi connectivity index (χ4n) is 1.17. The predicted molar refractivity (Wildman–Crippen MR) is 59.9 cm³/mol. The van der Waals surface area contributed by atoms with Gasteiger partial charge in [-0.1, -0.05) is 19.9 Å². The highest BCUT2D eigenvalue weighted by Gasteiger charge is 2.08. The smallest absolute Gasteiger partial charge is 0.339 e. The Kier molecular flexibility index (Phi) is 4.16. The number of allylic oxidation sites excluding steroid dienone is 2. The van der Waals surface area contributed by atoms with E-state index in [2.05, 4.69) is 30.0 Å². The third kappa shape index (κ3) is 3.62. The van der Waals surface area contributed by atoms with Gasteiger partial charge < -0.3 is 10.1 Å². The summed E-state index contributed by atoms with van der Waals surface area (Å²) in [5.74, 6) is 0.320. The number of hydrogen-bond acceptors (Lipinski definition) is 3. The van der Waals surface area contributed by atoms with E-state index in [1.165, 1.54) is 7.11 Å². The van der Waals surface area contributed by atoms with Crippen molar-refractivity contribution in [3.63, 3.8) is 0 Å². The Hall–Kier alpha value is -1.51. The summed E-state index contributed by atoms with van der Waals surface area (Å²) in [6.45, 7) is 4.33. The van der Waals surface area contributed by atoms with Crippen LogP contribution < -0.4 is 5.32 Å². The summed E-state index contributed by atoms with van der Waals surface area (Å²) >= 11 is 0. The summed E-state index contributed by atoms with van der Waals surface area (Å²) < 4.78 is 4.61. The van der Waals surface area contributed by atoms with Crippen LogP contribution in [0.25, 0.3) is 0 Å². The summed E-state index contributed by atoms with van der Waals surface area (Å²) in [6.07, 6.45) is 8.45. The zero-order chi connectivity index (χ0) is 11.3. The van der Waals surface area contributed by atoms with Crippen molar-refractivity contribution < 1.29 is 9.53 Å². The molecule has 1 aliphatic heterocycles. The first kappa shape index (κ1) is 11.6. The lowest BCUT2D eigenvalue weighted by Crippen LogP contribution is -2.13. The van der Waals surface area contributed by atoms with Gasteiger partial charge in [-0.05, 0) is 24.5 Å². The first-order valence-electron chi connectivity index (χ1n) is 5.06. The van der Waals surface area contributed by atoms with Crippen LogP contribution in [0.3, 0.4) is 0 Å². The summed E-state index contributed by atoms with van der Waals surface area (Å²) in [4.78, 5) is 11.1. The molecular formula is C12H17NO2. The topological polar surface area (TPSA) is 38.3 Å². The fourth-order valence-corrected chi connectivity index (χ4v) is 1.17. The molecule has 3 nitrogen and oxygen atoms in total. The zero-order valence-corrected chi connectivity index (χ0v) is 9.41. The van der Waals surface area contributed by atoms with Crippen LogP contribution in [0.15, 0.2) is 35.7 Å². The first-order chi connectivity index (χ1) is 7.13. The highest BCUT2D eigenvalue weighted by Crippen LogP contribution is 2.10. The molecule has 0 atom stereocenters. The van der Waals surface area contributed by atoms with E-state index in [-0.39, 0.29) is 5.97 Å². The van der Waals surface area contributed by atoms with Crippen molar-refractivity contribution >= 4 is 5.97 Å². The van der Waals surface area contributed by atoms with Gasteiger partial charge >= 0.3 is 5.97 Å². The largest absolute Gasteiger partial charge is 0.465 e. The molecule has 82 valence electrons. The minimum Gasteiger partial charge on any atom is -0.465 e. The van der Waals surface area contributed by atoms with Crippen molar-refractivity contribution in [2.75, 3.05) is 7.11 Å². The Labute approximate surface area is 90.5 Å². The van der Waals surface area contributed by atoms with Gasteiger partial charge in [0.2, 0.25) is 0 Å². The van der Waals surface area contributed by atoms with Gasteiger partial charge in [-0.25, -0.2) is 4.79 Å². The third-order valence-electron chi connectivity index (χ3n) is 2.07. The molecule has 0 aliphatic carbocycles. The van der Waals surface area contributed by atoms with E-state index in [4.69, 9.17) is 0 Å². The van der Waals surface area contributed by atoms with Gasteiger partial charge in [0, 0.05) is 11.9 Å². The Bertz CT molecular complexity index is 325. The van der Waals surface area contributed by atoms with Gasteiger partial charge in [0.1, 0.15) is 0 Å².